The molecule has 4 amide bonds. The lowest BCUT2D eigenvalue weighted by atomic mass is 10.1. The highest BCUT2D eigenvalue weighted by Gasteiger charge is 2.37. The van der Waals surface area contributed by atoms with E-state index in [2.05, 4.69) is 5.32 Å². The zero-order valence-electron chi connectivity index (χ0n) is 15.6. The number of aromatic nitrogens is 1. The van der Waals surface area contributed by atoms with Crippen molar-refractivity contribution in [3.63, 3.8) is 0 Å². The molecule has 0 saturated carbocycles. The number of anilines is 1. The van der Waals surface area contributed by atoms with Crippen LogP contribution in [-0.4, -0.2) is 29.5 Å². The quantitative estimate of drug-likeness (QED) is 0.668. The van der Waals surface area contributed by atoms with Crippen LogP contribution < -0.4 is 15.0 Å². The first-order valence-corrected chi connectivity index (χ1v) is 8.46. The lowest BCUT2D eigenvalue weighted by Gasteiger charge is -2.27. The first-order valence-electron chi connectivity index (χ1n) is 8.46. The summed E-state index contributed by atoms with van der Waals surface area (Å²) in [4.78, 5) is 38.4. The lowest BCUT2D eigenvalue weighted by Crippen LogP contribution is -2.54. The van der Waals surface area contributed by atoms with Gasteiger partial charge in [-0.25, -0.2) is 9.69 Å². The standard InChI is InChI=1S/C20H21N3O4/c1-20(2,3)22-11-5-6-14(22)12-16-17(24)21-19(26)23(18(16)25)13-7-9-15(27-4)10-8-13/h5-12H,1-4H3,(H,21,24,26)/b16-12+. The number of nitrogens with zero attached hydrogens (tertiary/aromatic N) is 2. The Morgan fingerprint density at radius 2 is 1.70 bits per heavy atom. The van der Waals surface area contributed by atoms with E-state index in [1.54, 1.807) is 24.3 Å². The monoisotopic (exact) mass is 367 g/mol. The van der Waals surface area contributed by atoms with Gasteiger partial charge >= 0.3 is 6.03 Å². The van der Waals surface area contributed by atoms with Crippen LogP contribution in [0.1, 0.15) is 26.5 Å². The number of imide groups is 2. The number of rotatable bonds is 3. The molecule has 1 saturated heterocycles. The molecule has 0 aliphatic carbocycles. The highest BCUT2D eigenvalue weighted by Crippen LogP contribution is 2.25. The van der Waals surface area contributed by atoms with Crippen molar-refractivity contribution in [2.75, 3.05) is 12.0 Å². The van der Waals surface area contributed by atoms with E-state index in [4.69, 9.17) is 4.74 Å². The van der Waals surface area contributed by atoms with Gasteiger partial charge in [0.2, 0.25) is 0 Å². The second kappa shape index (κ2) is 6.75. The van der Waals surface area contributed by atoms with E-state index in [0.717, 1.165) is 4.90 Å². The Morgan fingerprint density at radius 1 is 1.04 bits per heavy atom. The highest BCUT2D eigenvalue weighted by molar-refractivity contribution is 6.39. The van der Waals surface area contributed by atoms with E-state index in [1.807, 2.05) is 43.7 Å². The van der Waals surface area contributed by atoms with Crippen LogP contribution in [0.25, 0.3) is 6.08 Å². The molecular weight excluding hydrogens is 346 g/mol. The third-order valence-corrected chi connectivity index (χ3v) is 4.23. The van der Waals surface area contributed by atoms with Crippen molar-refractivity contribution in [3.8, 4) is 5.75 Å². The van der Waals surface area contributed by atoms with Crippen molar-refractivity contribution >= 4 is 29.6 Å². The van der Waals surface area contributed by atoms with Gasteiger partial charge in [0, 0.05) is 17.4 Å². The van der Waals surface area contributed by atoms with Crippen molar-refractivity contribution in [1.82, 2.24) is 9.88 Å². The lowest BCUT2D eigenvalue weighted by molar-refractivity contribution is -0.122. The number of methoxy groups -OCH3 is 1. The smallest absolute Gasteiger partial charge is 0.335 e. The maximum Gasteiger partial charge on any atom is 0.335 e. The van der Waals surface area contributed by atoms with Crippen LogP contribution in [0.2, 0.25) is 0 Å². The van der Waals surface area contributed by atoms with E-state index in [1.165, 1.54) is 13.2 Å². The van der Waals surface area contributed by atoms with Gasteiger partial charge in [-0.15, -0.1) is 0 Å². The minimum absolute atomic E-state index is 0.102. The van der Waals surface area contributed by atoms with Gasteiger partial charge in [0.15, 0.2) is 0 Å². The molecule has 1 N–H and O–H groups in total. The Bertz CT molecular complexity index is 933. The number of carbonyl (C=O) groups excluding carboxylic acids is 3. The van der Waals surface area contributed by atoms with E-state index in [0.29, 0.717) is 17.1 Å². The number of carbonyl (C=O) groups is 3. The Balaban J connectivity index is 2.01. The van der Waals surface area contributed by atoms with Crippen LogP contribution in [0.15, 0.2) is 48.2 Å². The minimum atomic E-state index is -0.779. The second-order valence-electron chi connectivity index (χ2n) is 7.13. The maximum atomic E-state index is 12.9. The summed E-state index contributed by atoms with van der Waals surface area (Å²) in [6.07, 6.45) is 3.38. The molecule has 2 aromatic rings. The molecule has 140 valence electrons. The molecule has 0 spiro atoms. The number of hydrogen-bond donors (Lipinski definition) is 1. The molecule has 1 aromatic heterocycles. The normalized spacial score (nSPS) is 16.7. The van der Waals surface area contributed by atoms with Crippen LogP contribution >= 0.6 is 0 Å². The Hall–Kier alpha value is -3.35. The third-order valence-electron chi connectivity index (χ3n) is 4.23. The van der Waals surface area contributed by atoms with Crippen LogP contribution in [0, 0.1) is 0 Å². The Kier molecular flexibility index (Phi) is 4.61. The fraction of sp³-hybridized carbons (Fsp3) is 0.250. The molecule has 0 bridgehead atoms. The number of barbiturate groups is 1. The predicted molar refractivity (Wildman–Crippen MR) is 101 cm³/mol. The molecule has 2 heterocycles. The minimum Gasteiger partial charge on any atom is -0.497 e. The van der Waals surface area contributed by atoms with Gasteiger partial charge < -0.3 is 9.30 Å². The van der Waals surface area contributed by atoms with Crippen LogP contribution in [0.5, 0.6) is 5.75 Å². The molecule has 0 atom stereocenters. The Morgan fingerprint density at radius 3 is 2.30 bits per heavy atom. The van der Waals surface area contributed by atoms with Crippen LogP contribution in [0.3, 0.4) is 0 Å². The van der Waals surface area contributed by atoms with Gasteiger partial charge in [-0.05, 0) is 63.2 Å². The summed E-state index contributed by atoms with van der Waals surface area (Å²) in [5, 5.41) is 2.23. The summed E-state index contributed by atoms with van der Waals surface area (Å²) in [5.74, 6) is -0.787. The number of nitrogens with one attached hydrogen (secondary N) is 1. The summed E-state index contributed by atoms with van der Waals surface area (Å²) in [6, 6.07) is 9.32. The van der Waals surface area contributed by atoms with Crippen LogP contribution in [0.4, 0.5) is 10.5 Å². The van der Waals surface area contributed by atoms with Crippen molar-refractivity contribution < 1.29 is 19.1 Å². The predicted octanol–water partition coefficient (Wildman–Crippen LogP) is 2.92. The average Bonchev–Trinajstić information content (AvgIpc) is 3.08. The number of ether oxygens (including phenoxy) is 1. The fourth-order valence-electron chi connectivity index (χ4n) is 2.89. The van der Waals surface area contributed by atoms with Gasteiger partial charge in [0.25, 0.3) is 11.8 Å². The highest BCUT2D eigenvalue weighted by atomic mass is 16.5. The van der Waals surface area contributed by atoms with Gasteiger partial charge in [-0.1, -0.05) is 0 Å². The molecule has 1 aliphatic rings. The molecular formula is C20H21N3O4. The van der Waals surface area contributed by atoms with Crippen LogP contribution in [-0.2, 0) is 15.1 Å². The first-order chi connectivity index (χ1) is 12.7. The van der Waals surface area contributed by atoms with Gasteiger partial charge in [0.05, 0.1) is 12.8 Å². The van der Waals surface area contributed by atoms with Crippen molar-refractivity contribution in [3.05, 3.63) is 53.9 Å². The SMILES string of the molecule is COc1ccc(N2C(=O)NC(=O)/C(=C\c3cccn3C(C)(C)C)C2=O)cc1. The summed E-state index contributed by atoms with van der Waals surface area (Å²) in [5.41, 5.74) is 0.720. The number of urea groups is 1. The summed E-state index contributed by atoms with van der Waals surface area (Å²) >= 11 is 0. The molecule has 1 aromatic carbocycles. The summed E-state index contributed by atoms with van der Waals surface area (Å²) < 4.78 is 7.04. The molecule has 0 unspecified atom stereocenters. The molecule has 7 heteroatoms. The molecule has 1 fully saturated rings. The summed E-state index contributed by atoms with van der Waals surface area (Å²) in [6.45, 7) is 6.06. The average molecular weight is 367 g/mol. The number of hydrogen-bond acceptors (Lipinski definition) is 4. The van der Waals surface area contributed by atoms with E-state index in [9.17, 15) is 14.4 Å². The van der Waals surface area contributed by atoms with Crippen molar-refractivity contribution in [2.24, 2.45) is 0 Å². The molecule has 7 nitrogen and oxygen atoms in total. The number of amides is 4. The zero-order chi connectivity index (χ0) is 19.8. The van der Waals surface area contributed by atoms with Crippen molar-refractivity contribution in [2.45, 2.75) is 26.3 Å². The zero-order valence-corrected chi connectivity index (χ0v) is 15.6. The van der Waals surface area contributed by atoms with Gasteiger partial charge in [-0.2, -0.15) is 0 Å². The van der Waals surface area contributed by atoms with Gasteiger partial charge in [-0.3, -0.25) is 14.9 Å². The number of benzene rings is 1. The van der Waals surface area contributed by atoms with E-state index < -0.39 is 17.8 Å². The molecule has 0 radical (unpaired) electrons. The van der Waals surface area contributed by atoms with Gasteiger partial charge in [0.1, 0.15) is 11.3 Å². The molecule has 27 heavy (non-hydrogen) atoms. The van der Waals surface area contributed by atoms with Crippen molar-refractivity contribution in [1.29, 1.82) is 0 Å². The summed E-state index contributed by atoms with van der Waals surface area (Å²) in [7, 11) is 1.53. The second-order valence-corrected chi connectivity index (χ2v) is 7.13. The topological polar surface area (TPSA) is 80.6 Å². The van der Waals surface area contributed by atoms with E-state index >= 15 is 0 Å². The third kappa shape index (κ3) is 3.48. The molecule has 3 rings (SSSR count). The van der Waals surface area contributed by atoms with E-state index in [-0.39, 0.29) is 11.1 Å². The first kappa shape index (κ1) is 18.4. The largest absolute Gasteiger partial charge is 0.497 e. The maximum absolute atomic E-state index is 12.9. The fourth-order valence-corrected chi connectivity index (χ4v) is 2.89. The Labute approximate surface area is 157 Å². The molecule has 1 aliphatic heterocycles.